The van der Waals surface area contributed by atoms with Gasteiger partial charge in [0.1, 0.15) is 12.2 Å². The van der Waals surface area contributed by atoms with Crippen LogP contribution in [-0.2, 0) is 30.1 Å². The summed E-state index contributed by atoms with van der Waals surface area (Å²) in [4.78, 5) is 45.4. The Morgan fingerprint density at radius 1 is 1.30 bits per heavy atom. The number of ether oxygens (including phenoxy) is 1. The second kappa shape index (κ2) is 7.52. The SMILES string of the molecule is COC(=O)[C@H](CC=O)C(=O)C(=O)Nc1cccc(C(F)(F)F)c1. The Labute approximate surface area is 128 Å². The maximum Gasteiger partial charge on any atom is 0.416 e. The molecule has 0 heterocycles. The number of methoxy groups -OCH3 is 1. The van der Waals surface area contributed by atoms with Crippen molar-refractivity contribution >= 4 is 29.6 Å². The first-order valence-corrected chi connectivity index (χ1v) is 6.24. The van der Waals surface area contributed by atoms with Crippen molar-refractivity contribution in [1.82, 2.24) is 0 Å². The van der Waals surface area contributed by atoms with Crippen LogP contribution in [0.15, 0.2) is 24.3 Å². The highest BCUT2D eigenvalue weighted by atomic mass is 19.4. The molecule has 1 aromatic carbocycles. The predicted octanol–water partition coefficient (Wildman–Crippen LogP) is 1.59. The average molecular weight is 331 g/mol. The van der Waals surface area contributed by atoms with Crippen LogP contribution in [0.25, 0.3) is 0 Å². The zero-order chi connectivity index (χ0) is 17.6. The molecule has 1 rings (SSSR count). The zero-order valence-electron chi connectivity index (χ0n) is 11.8. The molecule has 1 amide bonds. The molecule has 0 bridgehead atoms. The van der Waals surface area contributed by atoms with Crippen molar-refractivity contribution in [2.24, 2.45) is 5.92 Å². The van der Waals surface area contributed by atoms with Crippen LogP contribution in [0.2, 0.25) is 0 Å². The summed E-state index contributed by atoms with van der Waals surface area (Å²) in [5.74, 6) is -5.31. The fourth-order valence-corrected chi connectivity index (χ4v) is 1.67. The first kappa shape index (κ1) is 18.3. The summed E-state index contributed by atoms with van der Waals surface area (Å²) in [6.07, 6.45) is -4.92. The van der Waals surface area contributed by atoms with Crippen molar-refractivity contribution in [1.29, 1.82) is 0 Å². The highest BCUT2D eigenvalue weighted by Gasteiger charge is 2.33. The molecule has 1 atom stereocenters. The molecular formula is C14H12F3NO5. The molecule has 0 saturated heterocycles. The molecule has 0 aliphatic heterocycles. The third-order valence-electron chi connectivity index (χ3n) is 2.81. The van der Waals surface area contributed by atoms with Gasteiger partial charge in [-0.3, -0.25) is 14.4 Å². The summed E-state index contributed by atoms with van der Waals surface area (Å²) in [6.45, 7) is 0. The fourth-order valence-electron chi connectivity index (χ4n) is 1.67. The minimum Gasteiger partial charge on any atom is -0.468 e. The summed E-state index contributed by atoms with van der Waals surface area (Å²) < 4.78 is 42.0. The van der Waals surface area contributed by atoms with Crippen molar-refractivity contribution in [3.63, 3.8) is 0 Å². The van der Waals surface area contributed by atoms with Gasteiger partial charge in [-0.2, -0.15) is 13.2 Å². The first-order chi connectivity index (χ1) is 10.7. The maximum atomic E-state index is 12.6. The summed E-state index contributed by atoms with van der Waals surface area (Å²) in [5.41, 5.74) is -1.28. The van der Waals surface area contributed by atoms with E-state index in [1.165, 1.54) is 0 Å². The third-order valence-corrected chi connectivity index (χ3v) is 2.81. The number of carbonyl (C=O) groups excluding carboxylic acids is 4. The third kappa shape index (κ3) is 4.90. The van der Waals surface area contributed by atoms with E-state index in [2.05, 4.69) is 4.74 Å². The van der Waals surface area contributed by atoms with E-state index in [9.17, 15) is 32.3 Å². The number of carbonyl (C=O) groups is 4. The molecule has 6 nitrogen and oxygen atoms in total. The number of benzene rings is 1. The molecule has 0 fully saturated rings. The monoisotopic (exact) mass is 331 g/mol. The van der Waals surface area contributed by atoms with Gasteiger partial charge in [0.2, 0.25) is 5.78 Å². The number of esters is 1. The maximum absolute atomic E-state index is 12.6. The van der Waals surface area contributed by atoms with Crippen LogP contribution < -0.4 is 5.32 Å². The molecule has 9 heteroatoms. The zero-order valence-corrected chi connectivity index (χ0v) is 11.8. The van der Waals surface area contributed by atoms with Gasteiger partial charge < -0.3 is 14.8 Å². The van der Waals surface area contributed by atoms with Gasteiger partial charge in [-0.25, -0.2) is 0 Å². The lowest BCUT2D eigenvalue weighted by Gasteiger charge is -2.12. The number of ketones is 1. The Hall–Kier alpha value is -2.71. The number of halogens is 3. The van der Waals surface area contributed by atoms with E-state index < -0.39 is 41.7 Å². The number of nitrogens with one attached hydrogen (secondary N) is 1. The molecule has 0 aliphatic rings. The highest BCUT2D eigenvalue weighted by molar-refractivity contribution is 6.44. The number of alkyl halides is 3. The number of hydrogen-bond donors (Lipinski definition) is 1. The second-order valence-electron chi connectivity index (χ2n) is 4.38. The fraction of sp³-hybridized carbons (Fsp3) is 0.286. The molecule has 23 heavy (non-hydrogen) atoms. The number of aldehydes is 1. The molecule has 0 spiro atoms. The quantitative estimate of drug-likeness (QED) is 0.370. The van der Waals surface area contributed by atoms with Crippen molar-refractivity contribution in [3.8, 4) is 0 Å². The Kier molecular flexibility index (Phi) is 6.00. The van der Waals surface area contributed by atoms with Gasteiger partial charge in [-0.15, -0.1) is 0 Å². The molecule has 1 N–H and O–H groups in total. The van der Waals surface area contributed by atoms with Gasteiger partial charge >= 0.3 is 12.1 Å². The van der Waals surface area contributed by atoms with Crippen LogP contribution in [0.3, 0.4) is 0 Å². The van der Waals surface area contributed by atoms with Crippen LogP contribution in [-0.4, -0.2) is 31.1 Å². The number of anilines is 1. The summed E-state index contributed by atoms with van der Waals surface area (Å²) >= 11 is 0. The van der Waals surface area contributed by atoms with E-state index in [-0.39, 0.29) is 12.0 Å². The van der Waals surface area contributed by atoms with Crippen LogP contribution in [0.4, 0.5) is 18.9 Å². The van der Waals surface area contributed by atoms with Gasteiger partial charge in [-0.05, 0) is 18.2 Å². The predicted molar refractivity (Wildman–Crippen MR) is 71.3 cm³/mol. The Morgan fingerprint density at radius 2 is 1.96 bits per heavy atom. The summed E-state index contributed by atoms with van der Waals surface area (Å²) in [6, 6.07) is 3.62. The van der Waals surface area contributed by atoms with E-state index in [0.717, 1.165) is 25.3 Å². The van der Waals surface area contributed by atoms with E-state index in [0.29, 0.717) is 6.07 Å². The van der Waals surface area contributed by atoms with Gasteiger partial charge in [0.05, 0.1) is 12.7 Å². The lowest BCUT2D eigenvalue weighted by Crippen LogP contribution is -2.35. The minimum atomic E-state index is -4.61. The van der Waals surface area contributed by atoms with Gasteiger partial charge in [0.25, 0.3) is 5.91 Å². The Balaban J connectivity index is 2.92. The highest BCUT2D eigenvalue weighted by Crippen LogP contribution is 2.30. The lowest BCUT2D eigenvalue weighted by atomic mass is 10.0. The van der Waals surface area contributed by atoms with Crippen molar-refractivity contribution < 1.29 is 37.1 Å². The molecule has 0 unspecified atom stereocenters. The van der Waals surface area contributed by atoms with E-state index in [1.54, 1.807) is 0 Å². The van der Waals surface area contributed by atoms with Crippen molar-refractivity contribution in [2.75, 3.05) is 12.4 Å². The van der Waals surface area contributed by atoms with Gasteiger partial charge in [0, 0.05) is 12.1 Å². The first-order valence-electron chi connectivity index (χ1n) is 6.24. The number of Topliss-reactive ketones (excluding diaryl/α,β-unsaturated/α-hetero) is 1. The molecule has 0 saturated carbocycles. The van der Waals surface area contributed by atoms with Crippen molar-refractivity contribution in [2.45, 2.75) is 12.6 Å². The van der Waals surface area contributed by atoms with Gasteiger partial charge in [-0.1, -0.05) is 6.07 Å². The van der Waals surface area contributed by atoms with E-state index >= 15 is 0 Å². The van der Waals surface area contributed by atoms with Gasteiger partial charge in [0.15, 0.2) is 0 Å². The standard InChI is InChI=1S/C14H12F3NO5/c1-23-13(22)10(5-6-19)11(20)12(21)18-9-4-2-3-8(7-9)14(15,16)17/h2-4,6-7,10H,5H2,1H3,(H,18,21)/t10-/m1/s1. The second-order valence-corrected chi connectivity index (χ2v) is 4.38. The molecular weight excluding hydrogens is 319 g/mol. The smallest absolute Gasteiger partial charge is 0.416 e. The van der Waals surface area contributed by atoms with Crippen LogP contribution in [0.5, 0.6) is 0 Å². The van der Waals surface area contributed by atoms with Crippen LogP contribution in [0, 0.1) is 5.92 Å². The lowest BCUT2D eigenvalue weighted by molar-refractivity contribution is -0.153. The Morgan fingerprint density at radius 3 is 2.48 bits per heavy atom. The number of amides is 1. The normalized spacial score (nSPS) is 12.2. The summed E-state index contributed by atoms with van der Waals surface area (Å²) in [5, 5.41) is 1.96. The molecule has 124 valence electrons. The average Bonchev–Trinajstić information content (AvgIpc) is 2.50. The molecule has 1 aromatic rings. The van der Waals surface area contributed by atoms with Crippen LogP contribution in [0.1, 0.15) is 12.0 Å². The van der Waals surface area contributed by atoms with E-state index in [4.69, 9.17) is 0 Å². The number of hydrogen-bond acceptors (Lipinski definition) is 5. The van der Waals surface area contributed by atoms with Crippen molar-refractivity contribution in [3.05, 3.63) is 29.8 Å². The molecule has 0 aliphatic carbocycles. The minimum absolute atomic E-state index is 0.261. The Bertz CT molecular complexity index is 627. The largest absolute Gasteiger partial charge is 0.468 e. The van der Waals surface area contributed by atoms with E-state index in [1.807, 2.05) is 5.32 Å². The molecule has 0 radical (unpaired) electrons. The molecule has 0 aromatic heterocycles. The van der Waals surface area contributed by atoms with Crippen LogP contribution >= 0.6 is 0 Å². The topological polar surface area (TPSA) is 89.5 Å². The number of rotatable bonds is 6. The summed E-state index contributed by atoms with van der Waals surface area (Å²) in [7, 11) is 0.970.